The monoisotopic (exact) mass is 252 g/mol. The number of halogens is 1. The lowest BCUT2D eigenvalue weighted by Crippen LogP contribution is -2.48. The van der Waals surface area contributed by atoms with E-state index in [0.717, 1.165) is 18.0 Å². The number of likely N-dealkylation sites (tertiary alicyclic amines) is 1. The van der Waals surface area contributed by atoms with E-state index < -0.39 is 0 Å². The van der Waals surface area contributed by atoms with Crippen molar-refractivity contribution in [1.82, 2.24) is 4.90 Å². The Morgan fingerprint density at radius 1 is 1.35 bits per heavy atom. The Bertz CT molecular complexity index is 378. The topological polar surface area (TPSA) is 29.3 Å². The molecule has 0 spiro atoms. The van der Waals surface area contributed by atoms with Gasteiger partial charge in [0.25, 0.3) is 0 Å². The van der Waals surface area contributed by atoms with Gasteiger partial charge in [-0.05, 0) is 44.9 Å². The highest BCUT2D eigenvalue weighted by atomic mass is 35.5. The lowest BCUT2D eigenvalue weighted by atomic mass is 9.90. The third kappa shape index (κ3) is 2.65. The second-order valence-corrected chi connectivity index (χ2v) is 5.51. The van der Waals surface area contributed by atoms with Crippen molar-refractivity contribution in [1.29, 1.82) is 0 Å². The maximum Gasteiger partial charge on any atom is 0.0516 e. The second kappa shape index (κ2) is 5.38. The van der Waals surface area contributed by atoms with E-state index in [1.165, 1.54) is 12.0 Å². The number of piperidine rings is 1. The first-order valence-corrected chi connectivity index (χ1v) is 6.75. The summed E-state index contributed by atoms with van der Waals surface area (Å²) in [6.07, 6.45) is 2.26. The van der Waals surface area contributed by atoms with Crippen LogP contribution in [0.25, 0.3) is 0 Å². The maximum atomic E-state index is 6.31. The highest BCUT2D eigenvalue weighted by Crippen LogP contribution is 2.35. The van der Waals surface area contributed by atoms with Crippen LogP contribution in [0.2, 0.25) is 5.02 Å². The molecule has 1 heterocycles. The fraction of sp³-hybridized carbons (Fsp3) is 0.571. The largest absolute Gasteiger partial charge is 0.326 e. The molecule has 3 heteroatoms. The van der Waals surface area contributed by atoms with E-state index in [1.54, 1.807) is 0 Å². The number of nitrogens with zero attached hydrogens (tertiary/aromatic N) is 1. The molecule has 2 nitrogen and oxygen atoms in total. The molecule has 1 fully saturated rings. The Hall–Kier alpha value is -0.570. The summed E-state index contributed by atoms with van der Waals surface area (Å²) in [6.45, 7) is 5.56. The molecular weight excluding hydrogens is 232 g/mol. The molecule has 2 atom stereocenters. The highest BCUT2D eigenvalue weighted by molar-refractivity contribution is 6.31. The predicted molar refractivity (Wildman–Crippen MR) is 73.2 cm³/mol. The summed E-state index contributed by atoms with van der Waals surface area (Å²) < 4.78 is 0. The van der Waals surface area contributed by atoms with Crippen molar-refractivity contribution in [3.8, 4) is 0 Å². The van der Waals surface area contributed by atoms with Crippen LogP contribution in [0.1, 0.15) is 38.3 Å². The quantitative estimate of drug-likeness (QED) is 0.876. The average Bonchev–Trinajstić information content (AvgIpc) is 2.30. The molecule has 1 aliphatic rings. The van der Waals surface area contributed by atoms with Gasteiger partial charge in [-0.3, -0.25) is 4.90 Å². The van der Waals surface area contributed by atoms with Gasteiger partial charge >= 0.3 is 0 Å². The van der Waals surface area contributed by atoms with Crippen LogP contribution in [0.4, 0.5) is 0 Å². The second-order valence-electron chi connectivity index (χ2n) is 5.10. The van der Waals surface area contributed by atoms with Gasteiger partial charge in [-0.1, -0.05) is 29.8 Å². The molecule has 2 rings (SSSR count). The fourth-order valence-electron chi connectivity index (χ4n) is 2.76. The van der Waals surface area contributed by atoms with E-state index in [0.29, 0.717) is 6.04 Å². The lowest BCUT2D eigenvalue weighted by molar-refractivity contribution is 0.0948. The molecule has 0 bridgehead atoms. The normalized spacial score (nSPS) is 26.4. The van der Waals surface area contributed by atoms with E-state index >= 15 is 0 Å². The minimum Gasteiger partial charge on any atom is -0.326 e. The molecule has 1 aromatic rings. The molecule has 1 aromatic carbocycles. The third-order valence-corrected chi connectivity index (χ3v) is 3.95. The van der Waals surface area contributed by atoms with Gasteiger partial charge in [0.1, 0.15) is 0 Å². The molecule has 17 heavy (non-hydrogen) atoms. The highest BCUT2D eigenvalue weighted by Gasteiger charge is 2.32. The van der Waals surface area contributed by atoms with Gasteiger partial charge in [-0.15, -0.1) is 0 Å². The maximum absolute atomic E-state index is 6.31. The third-order valence-electron chi connectivity index (χ3n) is 3.60. The molecule has 2 unspecified atom stereocenters. The first-order valence-electron chi connectivity index (χ1n) is 6.37. The molecular formula is C14H21ClN2. The Labute approximate surface area is 109 Å². The summed E-state index contributed by atoms with van der Waals surface area (Å²) in [6, 6.07) is 9.02. The van der Waals surface area contributed by atoms with Crippen molar-refractivity contribution in [3.05, 3.63) is 34.9 Å². The minimum atomic E-state index is 0.186. The van der Waals surface area contributed by atoms with Crippen LogP contribution in [0.15, 0.2) is 24.3 Å². The zero-order valence-corrected chi connectivity index (χ0v) is 11.3. The Balaban J connectivity index is 2.35. The standard InChI is InChI=1S/C14H21ClN2/c1-10(2)17-9-5-8-13(16)14(17)11-6-3-4-7-12(11)15/h3-4,6-7,10,13-14H,5,8-9,16H2,1-2H3. The molecule has 0 aromatic heterocycles. The predicted octanol–water partition coefficient (Wildman–Crippen LogP) is 3.21. The van der Waals surface area contributed by atoms with Gasteiger partial charge in [0.2, 0.25) is 0 Å². The van der Waals surface area contributed by atoms with Crippen molar-refractivity contribution in [2.45, 2.75) is 44.8 Å². The van der Waals surface area contributed by atoms with E-state index in [9.17, 15) is 0 Å². The average molecular weight is 253 g/mol. The van der Waals surface area contributed by atoms with Gasteiger partial charge in [0, 0.05) is 17.1 Å². The molecule has 0 saturated carbocycles. The molecule has 1 aliphatic heterocycles. The summed E-state index contributed by atoms with van der Waals surface area (Å²) in [5, 5.41) is 0.834. The van der Waals surface area contributed by atoms with Crippen LogP contribution in [0.5, 0.6) is 0 Å². The van der Waals surface area contributed by atoms with E-state index in [4.69, 9.17) is 17.3 Å². The van der Waals surface area contributed by atoms with E-state index in [1.807, 2.05) is 18.2 Å². The molecule has 0 aliphatic carbocycles. The SMILES string of the molecule is CC(C)N1CCCC(N)C1c1ccccc1Cl. The van der Waals surface area contributed by atoms with Crippen LogP contribution >= 0.6 is 11.6 Å². The van der Waals surface area contributed by atoms with E-state index in [2.05, 4.69) is 24.8 Å². The van der Waals surface area contributed by atoms with Crippen molar-refractivity contribution >= 4 is 11.6 Å². The van der Waals surface area contributed by atoms with Gasteiger partial charge in [0.05, 0.1) is 6.04 Å². The van der Waals surface area contributed by atoms with Crippen LogP contribution in [0.3, 0.4) is 0 Å². The first kappa shape index (κ1) is 12.9. The summed E-state index contributed by atoms with van der Waals surface area (Å²) in [4.78, 5) is 2.47. The number of nitrogens with two attached hydrogens (primary N) is 1. The van der Waals surface area contributed by atoms with Crippen LogP contribution in [0, 0.1) is 0 Å². The lowest BCUT2D eigenvalue weighted by Gasteiger charge is -2.42. The van der Waals surface area contributed by atoms with Crippen LogP contribution < -0.4 is 5.73 Å². The van der Waals surface area contributed by atoms with Crippen molar-refractivity contribution < 1.29 is 0 Å². The van der Waals surface area contributed by atoms with Gasteiger partial charge in [-0.2, -0.15) is 0 Å². The van der Waals surface area contributed by atoms with Crippen molar-refractivity contribution in [3.63, 3.8) is 0 Å². The molecule has 94 valence electrons. The summed E-state index contributed by atoms with van der Waals surface area (Å²) in [5.74, 6) is 0. The summed E-state index contributed by atoms with van der Waals surface area (Å²) in [5.41, 5.74) is 7.48. The number of rotatable bonds is 2. The zero-order valence-electron chi connectivity index (χ0n) is 10.6. The Kier molecular flexibility index (Phi) is 4.08. The van der Waals surface area contributed by atoms with Gasteiger partial charge < -0.3 is 5.73 Å². The molecule has 1 saturated heterocycles. The van der Waals surface area contributed by atoms with Crippen molar-refractivity contribution in [2.75, 3.05) is 6.54 Å². The smallest absolute Gasteiger partial charge is 0.0516 e. The fourth-order valence-corrected chi connectivity index (χ4v) is 3.00. The van der Waals surface area contributed by atoms with E-state index in [-0.39, 0.29) is 12.1 Å². The molecule has 0 radical (unpaired) electrons. The van der Waals surface area contributed by atoms with Gasteiger partial charge in [0.15, 0.2) is 0 Å². The van der Waals surface area contributed by atoms with Crippen molar-refractivity contribution in [2.24, 2.45) is 5.73 Å². The Morgan fingerprint density at radius 3 is 2.71 bits per heavy atom. The Morgan fingerprint density at radius 2 is 2.06 bits per heavy atom. The first-order chi connectivity index (χ1) is 8.11. The summed E-state index contributed by atoms with van der Waals surface area (Å²) in [7, 11) is 0. The number of benzene rings is 1. The van der Waals surface area contributed by atoms with Crippen LogP contribution in [-0.2, 0) is 0 Å². The minimum absolute atomic E-state index is 0.186. The number of hydrogen-bond acceptors (Lipinski definition) is 2. The zero-order chi connectivity index (χ0) is 12.4. The molecule has 2 N–H and O–H groups in total. The molecule has 0 amide bonds. The number of hydrogen-bond donors (Lipinski definition) is 1. The summed E-state index contributed by atoms with van der Waals surface area (Å²) >= 11 is 6.31. The van der Waals surface area contributed by atoms with Gasteiger partial charge in [-0.25, -0.2) is 0 Å². The van der Waals surface area contributed by atoms with Crippen LogP contribution in [-0.4, -0.2) is 23.5 Å².